The molecular formula is C28H32O6S. The number of hydrogen-bond acceptors (Lipinski definition) is 6. The second-order valence-electron chi connectivity index (χ2n) is 9.43. The first-order valence-electron chi connectivity index (χ1n) is 11.8. The van der Waals surface area contributed by atoms with Gasteiger partial charge in [0.25, 0.3) is 0 Å². The number of aliphatic hydroxyl groups excluding tert-OH is 1. The molecule has 1 aliphatic carbocycles. The van der Waals surface area contributed by atoms with Gasteiger partial charge in [-0.1, -0.05) is 42.5 Å². The molecule has 1 saturated carbocycles. The van der Waals surface area contributed by atoms with Crippen molar-refractivity contribution < 1.29 is 30.6 Å². The van der Waals surface area contributed by atoms with E-state index in [1.807, 2.05) is 42.5 Å². The maximum absolute atomic E-state index is 13.4. The van der Waals surface area contributed by atoms with E-state index in [0.29, 0.717) is 17.9 Å². The number of carbonyl (C=O) groups is 1. The van der Waals surface area contributed by atoms with Gasteiger partial charge in [-0.15, -0.1) is 0 Å². The SMILES string of the molecule is CC(O)CCS(=O)(=O)c1ccc(-c2cccc(CC(=O)C3(c4ccc5c(c4)OCO5)CC3)c2)cc1.[HH].[HH]. The minimum absolute atomic E-state index is 0. The van der Waals surface area contributed by atoms with Crippen molar-refractivity contribution in [2.24, 2.45) is 0 Å². The topological polar surface area (TPSA) is 89.9 Å². The largest absolute Gasteiger partial charge is 0.454 e. The minimum Gasteiger partial charge on any atom is -0.454 e. The molecule has 6 nitrogen and oxygen atoms in total. The monoisotopic (exact) mass is 496 g/mol. The predicted molar refractivity (Wildman–Crippen MR) is 137 cm³/mol. The van der Waals surface area contributed by atoms with Gasteiger partial charge in [0, 0.05) is 9.27 Å². The van der Waals surface area contributed by atoms with Gasteiger partial charge in [-0.25, -0.2) is 8.42 Å². The summed E-state index contributed by atoms with van der Waals surface area (Å²) in [6, 6.07) is 20.4. The van der Waals surface area contributed by atoms with E-state index in [9.17, 15) is 18.3 Å². The average molecular weight is 497 g/mol. The molecule has 1 atom stereocenters. The molecule has 3 aromatic carbocycles. The highest BCUT2D eigenvalue weighted by Crippen LogP contribution is 2.51. The molecule has 3 aromatic rings. The first kappa shape index (κ1) is 23.6. The molecule has 0 spiro atoms. The van der Waals surface area contributed by atoms with Crippen LogP contribution in [0.4, 0.5) is 0 Å². The van der Waals surface area contributed by atoms with Crippen LogP contribution in [0.5, 0.6) is 11.5 Å². The van der Waals surface area contributed by atoms with Gasteiger partial charge in [-0.05, 0) is 72.7 Å². The van der Waals surface area contributed by atoms with Crippen molar-refractivity contribution in [3.8, 4) is 22.6 Å². The molecule has 0 amide bonds. The number of ether oxygens (including phenoxy) is 2. The van der Waals surface area contributed by atoms with Crippen molar-refractivity contribution in [1.29, 1.82) is 0 Å². The Morgan fingerprint density at radius 2 is 1.74 bits per heavy atom. The third-order valence-corrected chi connectivity index (χ3v) is 8.62. The molecule has 1 aliphatic heterocycles. The second kappa shape index (κ2) is 9.13. The normalized spacial score (nSPS) is 16.6. The lowest BCUT2D eigenvalue weighted by Crippen LogP contribution is -2.22. The average Bonchev–Trinajstić information content (AvgIpc) is 3.54. The highest BCUT2D eigenvalue weighted by atomic mass is 32.2. The zero-order valence-corrected chi connectivity index (χ0v) is 20.4. The Bertz CT molecular complexity index is 1370. The van der Waals surface area contributed by atoms with Crippen LogP contribution in [-0.2, 0) is 26.5 Å². The Morgan fingerprint density at radius 3 is 2.46 bits per heavy atom. The van der Waals surface area contributed by atoms with Gasteiger partial charge in [-0.2, -0.15) is 0 Å². The Labute approximate surface area is 208 Å². The molecule has 0 radical (unpaired) electrons. The Morgan fingerprint density at radius 1 is 1.00 bits per heavy atom. The van der Waals surface area contributed by atoms with Crippen LogP contribution in [0.1, 0.15) is 40.2 Å². The fourth-order valence-corrected chi connectivity index (χ4v) is 6.00. The molecular weight excluding hydrogens is 464 g/mol. The zero-order chi connectivity index (χ0) is 24.6. The van der Waals surface area contributed by atoms with Crippen LogP contribution < -0.4 is 9.47 Å². The second-order valence-corrected chi connectivity index (χ2v) is 11.5. The van der Waals surface area contributed by atoms with Crippen LogP contribution in [0.25, 0.3) is 11.1 Å². The van der Waals surface area contributed by atoms with Crippen molar-refractivity contribution >= 4 is 15.6 Å². The number of fused-ring (bicyclic) bond motifs is 1. The first-order chi connectivity index (χ1) is 16.8. The molecule has 2 aliphatic rings. The van der Waals surface area contributed by atoms with E-state index in [4.69, 9.17) is 9.47 Å². The van der Waals surface area contributed by atoms with Crippen LogP contribution >= 0.6 is 0 Å². The van der Waals surface area contributed by atoms with Gasteiger partial charge in [0.15, 0.2) is 21.3 Å². The van der Waals surface area contributed by atoms with E-state index in [0.717, 1.165) is 35.1 Å². The zero-order valence-electron chi connectivity index (χ0n) is 19.6. The number of aliphatic hydroxyl groups is 1. The Balaban J connectivity index is 0.00000190. The number of rotatable bonds is 9. The standard InChI is InChI=1S/C28H28O6S.2H2/c1-19(29)11-14-35(31,32)24-8-5-21(6-9-24)22-4-2-3-20(15-22)16-27(30)28(12-13-28)23-7-10-25-26(17-23)34-18-33-25;;/h2-10,15,17,19,29H,11-14,16,18H2,1H3;2*1H. The lowest BCUT2D eigenvalue weighted by atomic mass is 9.87. The third kappa shape index (κ3) is 4.83. The fraction of sp³-hybridized carbons (Fsp3) is 0.321. The molecule has 186 valence electrons. The van der Waals surface area contributed by atoms with Crippen molar-refractivity contribution in [3.63, 3.8) is 0 Å². The summed E-state index contributed by atoms with van der Waals surface area (Å²) >= 11 is 0. The Kier molecular flexibility index (Phi) is 6.15. The molecule has 1 N–H and O–H groups in total. The number of hydrogen-bond donors (Lipinski definition) is 1. The van der Waals surface area contributed by atoms with E-state index in [1.54, 1.807) is 31.2 Å². The first-order valence-corrected chi connectivity index (χ1v) is 13.5. The highest BCUT2D eigenvalue weighted by molar-refractivity contribution is 7.91. The van der Waals surface area contributed by atoms with Crippen LogP contribution in [0.2, 0.25) is 0 Å². The number of carbonyl (C=O) groups excluding carboxylic acids is 1. The highest BCUT2D eigenvalue weighted by Gasteiger charge is 2.50. The summed E-state index contributed by atoms with van der Waals surface area (Å²) in [5.41, 5.74) is 3.25. The molecule has 1 fully saturated rings. The molecule has 1 unspecified atom stereocenters. The summed E-state index contributed by atoms with van der Waals surface area (Å²) in [4.78, 5) is 13.6. The summed E-state index contributed by atoms with van der Waals surface area (Å²) in [5.74, 6) is 1.51. The molecule has 5 rings (SSSR count). The molecule has 0 aromatic heterocycles. The van der Waals surface area contributed by atoms with E-state index in [2.05, 4.69) is 0 Å². The van der Waals surface area contributed by atoms with Crippen molar-refractivity contribution in [1.82, 2.24) is 0 Å². The summed E-state index contributed by atoms with van der Waals surface area (Å²) in [7, 11) is -3.44. The van der Waals surface area contributed by atoms with Crippen LogP contribution in [0, 0.1) is 0 Å². The summed E-state index contributed by atoms with van der Waals surface area (Å²) in [6.45, 7) is 1.79. The minimum atomic E-state index is -3.44. The van der Waals surface area contributed by atoms with Crippen LogP contribution in [0.15, 0.2) is 71.6 Å². The van der Waals surface area contributed by atoms with E-state index in [1.165, 1.54) is 0 Å². The van der Waals surface area contributed by atoms with Crippen LogP contribution in [-0.4, -0.2) is 38.0 Å². The predicted octanol–water partition coefficient (Wildman–Crippen LogP) is 4.96. The summed E-state index contributed by atoms with van der Waals surface area (Å²) in [5, 5.41) is 9.40. The molecule has 7 heteroatoms. The fourth-order valence-electron chi connectivity index (χ4n) is 4.56. The number of sulfone groups is 1. The quantitative estimate of drug-likeness (QED) is 0.450. The van der Waals surface area contributed by atoms with Gasteiger partial charge in [0.1, 0.15) is 5.78 Å². The van der Waals surface area contributed by atoms with Gasteiger partial charge >= 0.3 is 0 Å². The Hall–Kier alpha value is -3.16. The van der Waals surface area contributed by atoms with Gasteiger partial charge < -0.3 is 14.6 Å². The smallest absolute Gasteiger partial charge is 0.231 e. The van der Waals surface area contributed by atoms with Crippen molar-refractivity contribution in [2.45, 2.75) is 49.0 Å². The maximum Gasteiger partial charge on any atom is 0.231 e. The van der Waals surface area contributed by atoms with Gasteiger partial charge in [0.05, 0.1) is 22.2 Å². The summed E-state index contributed by atoms with van der Waals surface area (Å²) in [6.07, 6.45) is 1.53. The lowest BCUT2D eigenvalue weighted by Gasteiger charge is -2.16. The van der Waals surface area contributed by atoms with E-state index in [-0.39, 0.29) is 32.5 Å². The molecule has 0 saturated heterocycles. The molecule has 0 bridgehead atoms. The van der Waals surface area contributed by atoms with E-state index >= 15 is 0 Å². The number of Topliss-reactive ketones (excluding diaryl/α,β-unsaturated/α-hetero) is 1. The number of ketones is 1. The third-order valence-electron chi connectivity index (χ3n) is 6.85. The van der Waals surface area contributed by atoms with Crippen molar-refractivity contribution in [3.05, 3.63) is 77.9 Å². The van der Waals surface area contributed by atoms with Crippen LogP contribution in [0.3, 0.4) is 0 Å². The van der Waals surface area contributed by atoms with Gasteiger partial charge in [0.2, 0.25) is 6.79 Å². The number of benzene rings is 3. The molecule has 1 heterocycles. The molecule has 35 heavy (non-hydrogen) atoms. The van der Waals surface area contributed by atoms with E-state index < -0.39 is 21.4 Å². The van der Waals surface area contributed by atoms with Gasteiger partial charge in [-0.3, -0.25) is 4.79 Å². The lowest BCUT2D eigenvalue weighted by molar-refractivity contribution is -0.120. The summed E-state index contributed by atoms with van der Waals surface area (Å²) < 4.78 is 35.8. The maximum atomic E-state index is 13.4. The van der Waals surface area contributed by atoms with Crippen molar-refractivity contribution in [2.75, 3.05) is 12.5 Å².